The van der Waals surface area contributed by atoms with E-state index in [1.165, 1.54) is 16.7 Å². The Bertz CT molecular complexity index is 1120. The van der Waals surface area contributed by atoms with E-state index in [1.54, 1.807) is 17.7 Å². The molecule has 6 nitrogen and oxygen atoms in total. The molecule has 0 saturated carbocycles. The molecule has 0 aliphatic rings. The highest BCUT2D eigenvalue weighted by atomic mass is 16.5. The van der Waals surface area contributed by atoms with Crippen molar-refractivity contribution in [1.29, 1.82) is 0 Å². The van der Waals surface area contributed by atoms with E-state index in [4.69, 9.17) is 4.74 Å². The van der Waals surface area contributed by atoms with Gasteiger partial charge in [-0.25, -0.2) is 10.4 Å². The second-order valence-corrected chi connectivity index (χ2v) is 7.32. The topological polar surface area (TPSA) is 68.5 Å². The van der Waals surface area contributed by atoms with Crippen molar-refractivity contribution >= 4 is 22.6 Å². The molecule has 0 spiro atoms. The Kier molecular flexibility index (Phi) is 6.44. The quantitative estimate of drug-likeness (QED) is 0.372. The highest BCUT2D eigenvalue weighted by Gasteiger charge is 2.11. The number of nitrogens with one attached hydrogen (secondary N) is 1. The van der Waals surface area contributed by atoms with E-state index < -0.39 is 0 Å². The number of ether oxygens (including phenoxy) is 1. The molecule has 0 unspecified atom stereocenters. The zero-order chi connectivity index (χ0) is 21.0. The number of hydrogen-bond acceptors (Lipinski definition) is 5. The molecule has 0 amide bonds. The highest BCUT2D eigenvalue weighted by Crippen LogP contribution is 2.17. The van der Waals surface area contributed by atoms with Gasteiger partial charge in [0.1, 0.15) is 0 Å². The van der Waals surface area contributed by atoms with Gasteiger partial charge in [0.15, 0.2) is 0 Å². The van der Waals surface area contributed by atoms with Gasteiger partial charge in [0.25, 0.3) is 5.56 Å². The Labute approximate surface area is 171 Å². The Morgan fingerprint density at radius 1 is 1.14 bits per heavy atom. The first-order valence-corrected chi connectivity index (χ1v) is 9.79. The van der Waals surface area contributed by atoms with E-state index in [2.05, 4.69) is 48.4 Å². The molecule has 0 aliphatic carbocycles. The monoisotopic (exact) mass is 392 g/mol. The minimum atomic E-state index is -0.0792. The van der Waals surface area contributed by atoms with Crippen LogP contribution in [0.4, 0.5) is 5.95 Å². The number of para-hydroxylation sites is 1. The molecule has 1 heterocycles. The number of hydrazone groups is 1. The maximum absolute atomic E-state index is 13.0. The van der Waals surface area contributed by atoms with Crippen molar-refractivity contribution in [3.8, 4) is 0 Å². The lowest BCUT2D eigenvalue weighted by molar-refractivity contribution is 0.190. The molecule has 0 radical (unpaired) electrons. The summed E-state index contributed by atoms with van der Waals surface area (Å²) in [6.45, 7) is 9.31. The van der Waals surface area contributed by atoms with Crippen LogP contribution in [-0.2, 0) is 11.3 Å². The van der Waals surface area contributed by atoms with Crippen LogP contribution >= 0.6 is 0 Å². The molecule has 0 bridgehead atoms. The van der Waals surface area contributed by atoms with Gasteiger partial charge in [0.2, 0.25) is 5.95 Å². The van der Waals surface area contributed by atoms with Gasteiger partial charge in [-0.1, -0.05) is 18.2 Å². The van der Waals surface area contributed by atoms with Crippen molar-refractivity contribution < 1.29 is 4.74 Å². The van der Waals surface area contributed by atoms with Crippen molar-refractivity contribution in [2.75, 3.05) is 19.1 Å². The van der Waals surface area contributed by atoms with E-state index in [9.17, 15) is 4.79 Å². The Morgan fingerprint density at radius 3 is 2.62 bits per heavy atom. The van der Waals surface area contributed by atoms with Crippen LogP contribution in [0.3, 0.4) is 0 Å². The fourth-order valence-electron chi connectivity index (χ4n) is 3.37. The molecular formula is C23H28N4O2. The molecule has 1 N–H and O–H groups in total. The minimum Gasteiger partial charge on any atom is -0.385 e. The van der Waals surface area contributed by atoms with Gasteiger partial charge in [-0.15, -0.1) is 0 Å². The Hall–Kier alpha value is -2.99. The fraction of sp³-hybridized carbons (Fsp3) is 0.348. The summed E-state index contributed by atoms with van der Waals surface area (Å²) in [5.41, 5.74) is 9.17. The molecule has 0 fully saturated rings. The van der Waals surface area contributed by atoms with Gasteiger partial charge in [-0.05, 0) is 69.0 Å². The Morgan fingerprint density at radius 2 is 1.86 bits per heavy atom. The zero-order valence-electron chi connectivity index (χ0n) is 17.7. The predicted octanol–water partition coefficient (Wildman–Crippen LogP) is 4.19. The first-order valence-electron chi connectivity index (χ1n) is 9.79. The van der Waals surface area contributed by atoms with Crippen molar-refractivity contribution in [1.82, 2.24) is 9.55 Å². The number of aromatic nitrogens is 2. The first kappa shape index (κ1) is 20.7. The molecular weight excluding hydrogens is 364 g/mol. The SMILES string of the molecule is COCCCn1c(N/N=C(/C)c2cc(C)c(C)cc2C)nc2ccccc2c1=O. The maximum atomic E-state index is 13.0. The summed E-state index contributed by atoms with van der Waals surface area (Å²) < 4.78 is 6.77. The van der Waals surface area contributed by atoms with E-state index in [-0.39, 0.29) is 5.56 Å². The van der Waals surface area contributed by atoms with Crippen molar-refractivity contribution in [3.05, 3.63) is 69.0 Å². The summed E-state index contributed by atoms with van der Waals surface area (Å²) in [5, 5.41) is 5.14. The molecule has 0 saturated heterocycles. The molecule has 6 heteroatoms. The largest absolute Gasteiger partial charge is 0.385 e. The molecule has 152 valence electrons. The van der Waals surface area contributed by atoms with Gasteiger partial charge in [-0.2, -0.15) is 5.10 Å². The van der Waals surface area contributed by atoms with Crippen molar-refractivity contribution in [2.24, 2.45) is 5.10 Å². The van der Waals surface area contributed by atoms with Crippen LogP contribution in [0.1, 0.15) is 35.6 Å². The lowest BCUT2D eigenvalue weighted by Gasteiger charge is -2.14. The second kappa shape index (κ2) is 9.01. The number of benzene rings is 2. The highest BCUT2D eigenvalue weighted by molar-refractivity contribution is 6.00. The third-order valence-corrected chi connectivity index (χ3v) is 5.15. The van der Waals surface area contributed by atoms with E-state index in [0.717, 1.165) is 11.3 Å². The van der Waals surface area contributed by atoms with Crippen LogP contribution in [0.25, 0.3) is 10.9 Å². The van der Waals surface area contributed by atoms with Crippen LogP contribution in [0, 0.1) is 20.8 Å². The standard InChI is InChI=1S/C23H28N4O2/c1-15-13-17(3)20(14-16(15)2)18(4)25-26-23-24-21-10-7-6-9-19(21)22(28)27(23)11-8-12-29-5/h6-7,9-10,13-14H,8,11-12H2,1-5H3,(H,24,26)/b25-18-. The lowest BCUT2D eigenvalue weighted by Crippen LogP contribution is -2.25. The smallest absolute Gasteiger partial charge is 0.262 e. The summed E-state index contributed by atoms with van der Waals surface area (Å²) in [4.78, 5) is 17.6. The fourth-order valence-corrected chi connectivity index (χ4v) is 3.37. The van der Waals surface area contributed by atoms with Crippen molar-refractivity contribution in [2.45, 2.75) is 40.7 Å². The lowest BCUT2D eigenvalue weighted by atomic mass is 9.98. The van der Waals surface area contributed by atoms with Crippen molar-refractivity contribution in [3.63, 3.8) is 0 Å². The predicted molar refractivity (Wildman–Crippen MR) is 119 cm³/mol. The van der Waals surface area contributed by atoms with Gasteiger partial charge in [-0.3, -0.25) is 9.36 Å². The number of anilines is 1. The second-order valence-electron chi connectivity index (χ2n) is 7.32. The van der Waals surface area contributed by atoms with Crippen LogP contribution < -0.4 is 11.0 Å². The Balaban J connectivity index is 2.00. The van der Waals surface area contributed by atoms with Gasteiger partial charge in [0, 0.05) is 25.8 Å². The maximum Gasteiger partial charge on any atom is 0.262 e. The summed E-state index contributed by atoms with van der Waals surface area (Å²) in [6, 6.07) is 11.7. The summed E-state index contributed by atoms with van der Waals surface area (Å²) in [6.07, 6.45) is 0.712. The normalized spacial score (nSPS) is 11.8. The molecule has 1 aromatic heterocycles. The third kappa shape index (κ3) is 4.54. The van der Waals surface area contributed by atoms with Gasteiger partial charge in [0.05, 0.1) is 16.6 Å². The third-order valence-electron chi connectivity index (χ3n) is 5.15. The molecule has 0 atom stereocenters. The molecule has 0 aliphatic heterocycles. The van der Waals surface area contributed by atoms with Gasteiger partial charge >= 0.3 is 0 Å². The number of fused-ring (bicyclic) bond motifs is 1. The summed E-state index contributed by atoms with van der Waals surface area (Å²) in [5.74, 6) is 0.436. The summed E-state index contributed by atoms with van der Waals surface area (Å²) >= 11 is 0. The molecule has 29 heavy (non-hydrogen) atoms. The zero-order valence-corrected chi connectivity index (χ0v) is 17.7. The summed E-state index contributed by atoms with van der Waals surface area (Å²) in [7, 11) is 1.65. The molecule has 2 aromatic carbocycles. The average Bonchev–Trinajstić information content (AvgIpc) is 2.71. The average molecular weight is 393 g/mol. The van der Waals surface area contributed by atoms with Crippen LogP contribution in [-0.4, -0.2) is 29.0 Å². The van der Waals surface area contributed by atoms with E-state index >= 15 is 0 Å². The number of aryl methyl sites for hydroxylation is 3. The number of nitrogens with zero attached hydrogens (tertiary/aromatic N) is 3. The number of rotatable bonds is 7. The number of methoxy groups -OCH3 is 1. The molecule has 3 rings (SSSR count). The van der Waals surface area contributed by atoms with Crippen LogP contribution in [0.5, 0.6) is 0 Å². The van der Waals surface area contributed by atoms with Crippen LogP contribution in [0.15, 0.2) is 46.3 Å². The van der Waals surface area contributed by atoms with Crippen LogP contribution in [0.2, 0.25) is 0 Å². The van der Waals surface area contributed by atoms with Gasteiger partial charge < -0.3 is 4.74 Å². The molecule has 3 aromatic rings. The first-order chi connectivity index (χ1) is 13.9. The minimum absolute atomic E-state index is 0.0792. The van der Waals surface area contributed by atoms with E-state index in [0.29, 0.717) is 36.4 Å². The number of hydrogen-bond donors (Lipinski definition) is 1. The van der Waals surface area contributed by atoms with E-state index in [1.807, 2.05) is 25.1 Å².